The molecule has 220 valence electrons. The van der Waals surface area contributed by atoms with Crippen molar-refractivity contribution < 1.29 is 37.9 Å². The summed E-state index contributed by atoms with van der Waals surface area (Å²) in [6.45, 7) is 6.09. The lowest BCUT2D eigenvalue weighted by atomic mass is 9.85. The van der Waals surface area contributed by atoms with Crippen LogP contribution in [0.5, 0.6) is 0 Å². The number of likely N-dealkylation sites (tertiary alicyclic amines) is 1. The van der Waals surface area contributed by atoms with Crippen molar-refractivity contribution in [1.29, 1.82) is 0 Å². The number of hydrogen-bond acceptors (Lipinski definition) is 5. The summed E-state index contributed by atoms with van der Waals surface area (Å²) >= 11 is 0. The van der Waals surface area contributed by atoms with Gasteiger partial charge in [-0.2, -0.15) is 0 Å². The van der Waals surface area contributed by atoms with Crippen molar-refractivity contribution in [2.75, 3.05) is 6.54 Å². The van der Waals surface area contributed by atoms with Gasteiger partial charge in [0.15, 0.2) is 0 Å². The summed E-state index contributed by atoms with van der Waals surface area (Å²) in [5.74, 6) is -5.98. The molecule has 1 heterocycles. The number of carbonyl (C=O) groups is 5. The minimum atomic E-state index is -3.11. The molecule has 3 rings (SSSR count). The summed E-state index contributed by atoms with van der Waals surface area (Å²) in [6.07, 6.45) is 3.26. The van der Waals surface area contributed by atoms with Crippen LogP contribution in [0.1, 0.15) is 85.5 Å². The van der Waals surface area contributed by atoms with Crippen molar-refractivity contribution in [3.05, 3.63) is 0 Å². The van der Waals surface area contributed by atoms with E-state index in [1.165, 1.54) is 4.90 Å². The van der Waals surface area contributed by atoms with Crippen LogP contribution in [-0.4, -0.2) is 76.2 Å². The third kappa shape index (κ3) is 8.60. The second-order valence-electron chi connectivity index (χ2n) is 12.6. The zero-order valence-electron chi connectivity index (χ0n) is 23.2. The average Bonchev–Trinajstić information content (AvgIpc) is 3.29. The summed E-state index contributed by atoms with van der Waals surface area (Å²) in [5, 5.41) is 16.7. The summed E-state index contributed by atoms with van der Waals surface area (Å²) < 4.78 is 27.3. The maximum absolute atomic E-state index is 13.7. The number of carboxylic acid groups (broad SMARTS) is 1. The normalized spacial score (nSPS) is 23.7. The van der Waals surface area contributed by atoms with E-state index in [-0.39, 0.29) is 18.5 Å². The predicted octanol–water partition coefficient (Wildman–Crippen LogP) is 2.84. The molecule has 0 aromatic carbocycles. The highest BCUT2D eigenvalue weighted by Gasteiger charge is 2.47. The fourth-order valence-electron chi connectivity index (χ4n) is 5.65. The third-order valence-electron chi connectivity index (χ3n) is 8.01. The van der Waals surface area contributed by atoms with Crippen LogP contribution in [0, 0.1) is 17.3 Å². The van der Waals surface area contributed by atoms with E-state index in [4.69, 9.17) is 0 Å². The predicted molar refractivity (Wildman–Crippen MR) is 138 cm³/mol. The van der Waals surface area contributed by atoms with Gasteiger partial charge in [-0.3, -0.25) is 19.2 Å². The summed E-state index contributed by atoms with van der Waals surface area (Å²) in [6, 6.07) is -3.75. The van der Waals surface area contributed by atoms with E-state index in [2.05, 4.69) is 16.0 Å². The molecule has 3 fully saturated rings. The van der Waals surface area contributed by atoms with Gasteiger partial charge in [0.2, 0.25) is 23.5 Å². The van der Waals surface area contributed by atoms with Gasteiger partial charge in [-0.15, -0.1) is 0 Å². The Morgan fingerprint density at radius 2 is 1.56 bits per heavy atom. The van der Waals surface area contributed by atoms with E-state index < -0.39 is 71.9 Å². The molecule has 0 bridgehead atoms. The van der Waals surface area contributed by atoms with E-state index in [9.17, 15) is 37.9 Å². The van der Waals surface area contributed by atoms with E-state index in [1.54, 1.807) is 20.8 Å². The highest BCUT2D eigenvalue weighted by atomic mass is 19.3. The number of alkyl halides is 2. The number of nitrogens with one attached hydrogen (secondary N) is 3. The molecule has 0 aromatic heterocycles. The average molecular weight is 557 g/mol. The lowest BCUT2D eigenvalue weighted by Crippen LogP contribution is -2.59. The first-order chi connectivity index (χ1) is 18.1. The smallest absolute Gasteiger partial charge is 0.405 e. The second kappa shape index (κ2) is 12.2. The molecule has 0 spiro atoms. The highest BCUT2D eigenvalue weighted by molar-refractivity contribution is 6.38. The van der Waals surface area contributed by atoms with Gasteiger partial charge < -0.3 is 26.0 Å². The van der Waals surface area contributed by atoms with Crippen LogP contribution >= 0.6 is 0 Å². The summed E-state index contributed by atoms with van der Waals surface area (Å²) in [5.41, 5.74) is -0.798. The van der Waals surface area contributed by atoms with Crippen LogP contribution < -0.4 is 16.0 Å². The molecule has 12 heteroatoms. The monoisotopic (exact) mass is 556 g/mol. The fraction of sp³-hybridized carbons (Fsp3) is 0.815. The molecule has 0 aromatic rings. The molecule has 3 aliphatic rings. The molecule has 1 aliphatic heterocycles. The van der Waals surface area contributed by atoms with Crippen molar-refractivity contribution in [2.24, 2.45) is 17.3 Å². The van der Waals surface area contributed by atoms with Gasteiger partial charge in [-0.25, -0.2) is 13.6 Å². The van der Waals surface area contributed by atoms with Crippen LogP contribution in [0.3, 0.4) is 0 Å². The molecule has 39 heavy (non-hydrogen) atoms. The number of halogens is 2. The number of rotatable bonds is 11. The van der Waals surface area contributed by atoms with Crippen LogP contribution in [0.25, 0.3) is 0 Å². The van der Waals surface area contributed by atoms with Gasteiger partial charge in [-0.1, -0.05) is 46.5 Å². The van der Waals surface area contributed by atoms with Crippen molar-refractivity contribution >= 4 is 29.6 Å². The Morgan fingerprint density at radius 3 is 2.08 bits per heavy atom. The Morgan fingerprint density at radius 1 is 0.949 bits per heavy atom. The number of hydrogen-bond donors (Lipinski definition) is 4. The number of amides is 4. The van der Waals surface area contributed by atoms with Crippen molar-refractivity contribution in [2.45, 2.75) is 116 Å². The molecule has 4 N–H and O–H groups in total. The topological polar surface area (TPSA) is 145 Å². The summed E-state index contributed by atoms with van der Waals surface area (Å²) in [7, 11) is 0. The first-order valence-electron chi connectivity index (χ1n) is 13.9. The number of nitrogens with zero attached hydrogens (tertiary/aromatic N) is 1. The second-order valence-corrected chi connectivity index (χ2v) is 12.6. The van der Waals surface area contributed by atoms with Gasteiger partial charge in [0.1, 0.15) is 12.1 Å². The van der Waals surface area contributed by atoms with Crippen molar-refractivity contribution in [1.82, 2.24) is 20.9 Å². The standard InChI is InChI=1S/C27H42F2N4O6/c1-26(2,3)21(32-25(38)39)24(37)33-14-16(15-7-5-6-8-15)13-19(33)22(35)31-18(11-12-27(4,28)29)20(34)23(36)30-17-9-10-17/h15-19,21,32H,5-14H2,1-4H3,(H,30,36)(H,31,35)(H,38,39)/t16?,18-,19?,21+/m0/s1. The minimum absolute atomic E-state index is 0.00457. The lowest BCUT2D eigenvalue weighted by molar-refractivity contribution is -0.144. The Labute approximate surface area is 228 Å². The van der Waals surface area contributed by atoms with Gasteiger partial charge in [0.25, 0.3) is 5.91 Å². The zero-order valence-corrected chi connectivity index (χ0v) is 23.2. The lowest BCUT2D eigenvalue weighted by Gasteiger charge is -2.35. The first-order valence-corrected chi connectivity index (χ1v) is 13.9. The maximum atomic E-state index is 13.7. The Kier molecular flexibility index (Phi) is 9.59. The number of carbonyl (C=O) groups excluding carboxylic acids is 4. The Bertz CT molecular complexity index is 953. The number of ketones is 1. The largest absolute Gasteiger partial charge is 0.465 e. The van der Waals surface area contributed by atoms with Crippen LogP contribution in [0.4, 0.5) is 13.6 Å². The van der Waals surface area contributed by atoms with E-state index in [0.717, 1.165) is 38.5 Å². The number of Topliss-reactive ketones (excluding diaryl/α,β-unsaturated/α-hetero) is 1. The van der Waals surface area contributed by atoms with Crippen LogP contribution in [0.2, 0.25) is 0 Å². The minimum Gasteiger partial charge on any atom is -0.465 e. The zero-order chi connectivity index (χ0) is 29.1. The van der Waals surface area contributed by atoms with E-state index >= 15 is 0 Å². The van der Waals surface area contributed by atoms with Gasteiger partial charge >= 0.3 is 6.09 Å². The Hall–Kier alpha value is -2.79. The van der Waals surface area contributed by atoms with Crippen molar-refractivity contribution in [3.63, 3.8) is 0 Å². The van der Waals surface area contributed by atoms with Crippen LogP contribution in [0.15, 0.2) is 0 Å². The molecule has 2 saturated carbocycles. The van der Waals surface area contributed by atoms with Gasteiger partial charge in [0, 0.05) is 19.0 Å². The first kappa shape index (κ1) is 30.7. The Balaban J connectivity index is 1.84. The SMILES string of the molecule is CC(F)(F)CC[C@H](NC(=O)C1CC(C2CCCC2)CN1C(=O)[C@@H](NC(=O)O)C(C)(C)C)C(=O)C(=O)NC1CC1. The summed E-state index contributed by atoms with van der Waals surface area (Å²) in [4.78, 5) is 65.5. The van der Waals surface area contributed by atoms with Gasteiger partial charge in [0.05, 0.1) is 6.04 Å². The quantitative estimate of drug-likeness (QED) is 0.288. The molecule has 4 amide bonds. The van der Waals surface area contributed by atoms with Gasteiger partial charge in [-0.05, 0) is 49.9 Å². The van der Waals surface area contributed by atoms with E-state index in [1.807, 2.05) is 0 Å². The van der Waals surface area contributed by atoms with Crippen molar-refractivity contribution in [3.8, 4) is 0 Å². The molecular formula is C27H42F2N4O6. The third-order valence-corrected chi connectivity index (χ3v) is 8.01. The highest BCUT2D eigenvalue weighted by Crippen LogP contribution is 2.39. The van der Waals surface area contributed by atoms with E-state index in [0.29, 0.717) is 19.3 Å². The van der Waals surface area contributed by atoms with Crippen LogP contribution in [-0.2, 0) is 19.2 Å². The fourth-order valence-corrected chi connectivity index (χ4v) is 5.65. The molecule has 4 atom stereocenters. The molecule has 2 unspecified atom stereocenters. The molecule has 10 nitrogen and oxygen atoms in total. The maximum Gasteiger partial charge on any atom is 0.405 e. The molecule has 0 radical (unpaired) electrons. The molecule has 1 saturated heterocycles. The molecular weight excluding hydrogens is 514 g/mol. The molecule has 2 aliphatic carbocycles.